The van der Waals surface area contributed by atoms with Crippen LogP contribution in [0.1, 0.15) is 28.3 Å². The third kappa shape index (κ3) is 3.96. The van der Waals surface area contributed by atoms with Gasteiger partial charge < -0.3 is 14.6 Å². The Morgan fingerprint density at radius 2 is 2.10 bits per heavy atom. The van der Waals surface area contributed by atoms with Crippen LogP contribution in [0.2, 0.25) is 0 Å². The summed E-state index contributed by atoms with van der Waals surface area (Å²) in [5.41, 5.74) is 0.337. The van der Waals surface area contributed by atoms with E-state index in [4.69, 9.17) is 4.74 Å². The average molecular weight is 437 g/mol. The van der Waals surface area contributed by atoms with Crippen LogP contribution in [0.3, 0.4) is 0 Å². The highest BCUT2D eigenvalue weighted by Crippen LogP contribution is 2.29. The number of ether oxygens (including phenoxy) is 1. The molecule has 1 saturated heterocycles. The molecule has 0 spiro atoms. The fourth-order valence-corrected chi connectivity index (χ4v) is 4.97. The molecule has 5 rings (SSSR count). The van der Waals surface area contributed by atoms with Crippen LogP contribution >= 0.6 is 11.3 Å². The molecule has 1 aliphatic rings. The quantitative estimate of drug-likeness (QED) is 0.510. The minimum atomic E-state index is -0.348. The van der Waals surface area contributed by atoms with Crippen molar-refractivity contribution in [2.45, 2.75) is 25.5 Å². The number of hydrogen-bond acceptors (Lipinski definition) is 5. The van der Waals surface area contributed by atoms with Crippen LogP contribution in [-0.4, -0.2) is 40.0 Å². The van der Waals surface area contributed by atoms with Crippen LogP contribution in [0.15, 0.2) is 53.3 Å². The Labute approximate surface area is 181 Å². The molecule has 1 N–H and O–H groups in total. The zero-order valence-electron chi connectivity index (χ0n) is 16.6. The van der Waals surface area contributed by atoms with E-state index in [1.54, 1.807) is 41.3 Å². The summed E-state index contributed by atoms with van der Waals surface area (Å²) in [7, 11) is 0. The molecule has 1 aliphatic heterocycles. The molecule has 2 aromatic heterocycles. The number of carbonyl (C=O) groups is 1. The van der Waals surface area contributed by atoms with E-state index in [2.05, 4.69) is 9.97 Å². The molecular weight excluding hydrogens is 417 g/mol. The van der Waals surface area contributed by atoms with Crippen molar-refractivity contribution in [1.82, 2.24) is 14.9 Å². The molecule has 0 saturated carbocycles. The standard InChI is InChI=1S/C23H20FN3O3S/c24-17-7-3-9-19-16(17)11-20(31-19)23(29)27(12-14-5-4-10-30-14)13-21-25-18-8-2-1-6-15(18)22(28)26-21/h1-3,6-9,11,14H,4-5,10,12-13H2,(H,25,26,28)/t14-/m0/s1. The predicted molar refractivity (Wildman–Crippen MR) is 118 cm³/mol. The lowest BCUT2D eigenvalue weighted by Crippen LogP contribution is -2.37. The van der Waals surface area contributed by atoms with E-state index in [0.29, 0.717) is 40.1 Å². The number of halogens is 1. The van der Waals surface area contributed by atoms with E-state index in [9.17, 15) is 14.0 Å². The maximum atomic E-state index is 14.1. The van der Waals surface area contributed by atoms with Crippen molar-refractivity contribution in [3.05, 3.63) is 75.4 Å². The van der Waals surface area contributed by atoms with E-state index in [1.165, 1.54) is 17.4 Å². The Morgan fingerprint density at radius 3 is 2.90 bits per heavy atom. The van der Waals surface area contributed by atoms with Gasteiger partial charge in [-0.25, -0.2) is 9.37 Å². The van der Waals surface area contributed by atoms with E-state index >= 15 is 0 Å². The van der Waals surface area contributed by atoms with Gasteiger partial charge in [0.2, 0.25) is 0 Å². The molecule has 0 radical (unpaired) electrons. The monoisotopic (exact) mass is 437 g/mol. The first-order chi connectivity index (χ1) is 15.1. The van der Waals surface area contributed by atoms with Crippen molar-refractivity contribution in [2.75, 3.05) is 13.2 Å². The van der Waals surface area contributed by atoms with Crippen molar-refractivity contribution >= 4 is 38.2 Å². The Kier molecular flexibility index (Phi) is 5.25. The first kappa shape index (κ1) is 19.8. The lowest BCUT2D eigenvalue weighted by molar-refractivity contribution is 0.0505. The van der Waals surface area contributed by atoms with Crippen LogP contribution in [0, 0.1) is 5.82 Å². The zero-order valence-corrected chi connectivity index (χ0v) is 17.5. The second-order valence-electron chi connectivity index (χ2n) is 7.61. The molecule has 31 heavy (non-hydrogen) atoms. The van der Waals surface area contributed by atoms with Gasteiger partial charge in [0.25, 0.3) is 11.5 Å². The summed E-state index contributed by atoms with van der Waals surface area (Å²) < 4.78 is 20.6. The minimum absolute atomic E-state index is 0.0674. The third-order valence-electron chi connectivity index (χ3n) is 5.46. The summed E-state index contributed by atoms with van der Waals surface area (Å²) in [6.45, 7) is 1.19. The van der Waals surface area contributed by atoms with E-state index in [1.807, 2.05) is 6.07 Å². The first-order valence-electron chi connectivity index (χ1n) is 10.2. The van der Waals surface area contributed by atoms with Crippen molar-refractivity contribution in [2.24, 2.45) is 0 Å². The molecule has 0 aliphatic carbocycles. The van der Waals surface area contributed by atoms with Crippen LogP contribution in [-0.2, 0) is 11.3 Å². The summed E-state index contributed by atoms with van der Waals surface area (Å²) in [5, 5.41) is 0.938. The third-order valence-corrected chi connectivity index (χ3v) is 6.55. The Hall–Kier alpha value is -3.10. The molecule has 158 valence electrons. The van der Waals surface area contributed by atoms with Crippen LogP contribution in [0.25, 0.3) is 21.0 Å². The number of aromatic nitrogens is 2. The molecule has 8 heteroatoms. The number of benzene rings is 2. The maximum Gasteiger partial charge on any atom is 0.264 e. The van der Waals surface area contributed by atoms with Crippen LogP contribution in [0.4, 0.5) is 4.39 Å². The van der Waals surface area contributed by atoms with E-state index in [0.717, 1.165) is 17.5 Å². The van der Waals surface area contributed by atoms with Crippen molar-refractivity contribution in [1.29, 1.82) is 0 Å². The van der Waals surface area contributed by atoms with Crippen molar-refractivity contribution in [3.63, 3.8) is 0 Å². The number of nitrogens with zero attached hydrogens (tertiary/aromatic N) is 2. The molecule has 0 unspecified atom stereocenters. The molecule has 1 fully saturated rings. The van der Waals surface area contributed by atoms with Gasteiger partial charge in [0.1, 0.15) is 11.6 Å². The van der Waals surface area contributed by atoms with E-state index < -0.39 is 0 Å². The van der Waals surface area contributed by atoms with Gasteiger partial charge in [-0.15, -0.1) is 11.3 Å². The Morgan fingerprint density at radius 1 is 1.23 bits per heavy atom. The highest BCUT2D eigenvalue weighted by molar-refractivity contribution is 7.20. The summed E-state index contributed by atoms with van der Waals surface area (Å²) in [5.74, 6) is -0.173. The molecule has 1 amide bonds. The smallest absolute Gasteiger partial charge is 0.264 e. The van der Waals surface area contributed by atoms with Gasteiger partial charge in [0.05, 0.1) is 28.4 Å². The highest BCUT2D eigenvalue weighted by Gasteiger charge is 2.26. The summed E-state index contributed by atoms with van der Waals surface area (Å²) in [4.78, 5) is 35.3. The normalized spacial score (nSPS) is 16.2. The van der Waals surface area contributed by atoms with Crippen molar-refractivity contribution < 1.29 is 13.9 Å². The molecule has 0 bridgehead atoms. The second kappa shape index (κ2) is 8.20. The summed E-state index contributed by atoms with van der Waals surface area (Å²) in [6.07, 6.45) is 1.75. The van der Waals surface area contributed by atoms with E-state index in [-0.39, 0.29) is 29.9 Å². The van der Waals surface area contributed by atoms with Gasteiger partial charge in [-0.1, -0.05) is 18.2 Å². The molecule has 2 aromatic carbocycles. The zero-order chi connectivity index (χ0) is 21.4. The summed E-state index contributed by atoms with van der Waals surface area (Å²) in [6, 6.07) is 13.5. The average Bonchev–Trinajstić information content (AvgIpc) is 3.43. The fraction of sp³-hybridized carbons (Fsp3) is 0.261. The number of fused-ring (bicyclic) bond motifs is 2. The second-order valence-corrected chi connectivity index (χ2v) is 8.70. The van der Waals surface area contributed by atoms with Gasteiger partial charge in [-0.05, 0) is 43.2 Å². The van der Waals surface area contributed by atoms with Crippen LogP contribution < -0.4 is 5.56 Å². The molecule has 6 nitrogen and oxygen atoms in total. The number of thiophene rings is 1. The van der Waals surface area contributed by atoms with Gasteiger partial charge >= 0.3 is 0 Å². The first-order valence-corrected chi connectivity index (χ1v) is 11.0. The van der Waals surface area contributed by atoms with Crippen molar-refractivity contribution in [3.8, 4) is 0 Å². The van der Waals surface area contributed by atoms with Gasteiger partial charge in [-0.3, -0.25) is 9.59 Å². The summed E-state index contributed by atoms with van der Waals surface area (Å²) >= 11 is 1.26. The number of amides is 1. The number of aromatic amines is 1. The van der Waals surface area contributed by atoms with Crippen LogP contribution in [0.5, 0.6) is 0 Å². The number of nitrogens with one attached hydrogen (secondary N) is 1. The number of carbonyl (C=O) groups excluding carboxylic acids is 1. The molecule has 4 aromatic rings. The molecular formula is C23H20FN3O3S. The van der Waals surface area contributed by atoms with Gasteiger partial charge in [0, 0.05) is 23.2 Å². The lowest BCUT2D eigenvalue weighted by Gasteiger charge is -2.24. The fourth-order valence-electron chi connectivity index (χ4n) is 3.93. The van der Waals surface area contributed by atoms with Gasteiger partial charge in [0.15, 0.2) is 0 Å². The number of rotatable bonds is 5. The molecule has 1 atom stereocenters. The number of hydrogen-bond donors (Lipinski definition) is 1. The molecule has 3 heterocycles. The topological polar surface area (TPSA) is 75.3 Å². The van der Waals surface area contributed by atoms with Gasteiger partial charge in [-0.2, -0.15) is 0 Å². The maximum absolute atomic E-state index is 14.1. The SMILES string of the molecule is O=C(c1cc2c(F)cccc2s1)N(Cc1nc2ccccc2c(=O)[nH]1)C[C@@H]1CCCO1. The number of H-pyrrole nitrogens is 1. The largest absolute Gasteiger partial charge is 0.376 e. The number of para-hydroxylation sites is 1. The minimum Gasteiger partial charge on any atom is -0.376 e. The Bertz CT molecular complexity index is 1330. The highest BCUT2D eigenvalue weighted by atomic mass is 32.1. The Balaban J connectivity index is 1.49. The predicted octanol–water partition coefficient (Wildman–Crippen LogP) is 4.10. The lowest BCUT2D eigenvalue weighted by atomic mass is 10.2.